The van der Waals surface area contributed by atoms with Gasteiger partial charge in [0.15, 0.2) is 0 Å². The van der Waals surface area contributed by atoms with Gasteiger partial charge in [-0.05, 0) is 35.2 Å². The van der Waals surface area contributed by atoms with Crippen LogP contribution in [0.1, 0.15) is 37.3 Å². The first-order chi connectivity index (χ1) is 18.9. The molecular weight excluding hydrogens is 512 g/mol. The fourth-order valence-electron chi connectivity index (χ4n) is 4.80. The van der Waals surface area contributed by atoms with Crippen molar-refractivity contribution in [3.63, 3.8) is 0 Å². The highest BCUT2D eigenvalue weighted by atomic mass is 35.5. The van der Waals surface area contributed by atoms with Gasteiger partial charge in [0, 0.05) is 36.9 Å². The summed E-state index contributed by atoms with van der Waals surface area (Å²) < 4.78 is 0. The molecule has 1 aliphatic rings. The molecule has 1 saturated heterocycles. The zero-order chi connectivity index (χ0) is 27.8. The van der Waals surface area contributed by atoms with Crippen LogP contribution in [0.25, 0.3) is 0 Å². The molecular formula is C31H35ClN4O3. The highest BCUT2D eigenvalue weighted by molar-refractivity contribution is 6.30. The molecule has 4 amide bonds. The Morgan fingerprint density at radius 3 is 1.92 bits per heavy atom. The van der Waals surface area contributed by atoms with Crippen LogP contribution in [0, 0.1) is 5.92 Å². The molecule has 3 aromatic carbocycles. The first kappa shape index (κ1) is 28.2. The zero-order valence-electron chi connectivity index (χ0n) is 22.3. The maximum Gasteiger partial charge on any atom is 0.321 e. The molecule has 1 aliphatic heterocycles. The number of rotatable bonds is 8. The third-order valence-corrected chi connectivity index (χ3v) is 7.49. The third-order valence-electron chi connectivity index (χ3n) is 7.26. The highest BCUT2D eigenvalue weighted by Crippen LogP contribution is 2.26. The van der Waals surface area contributed by atoms with E-state index in [1.54, 1.807) is 34.1 Å². The second kappa shape index (κ2) is 13.3. The van der Waals surface area contributed by atoms with Crippen molar-refractivity contribution in [3.05, 3.63) is 101 Å². The van der Waals surface area contributed by atoms with Crippen LogP contribution in [0.15, 0.2) is 84.9 Å². The number of hydrogen-bond acceptors (Lipinski definition) is 3. The second-order valence-corrected chi connectivity index (χ2v) is 10.3. The summed E-state index contributed by atoms with van der Waals surface area (Å²) in [5, 5.41) is 6.50. The van der Waals surface area contributed by atoms with Gasteiger partial charge in [-0.1, -0.05) is 98.6 Å². The van der Waals surface area contributed by atoms with Crippen LogP contribution < -0.4 is 10.6 Å². The SMILES string of the molecule is CCC(C)C(NC(=O)C(c1ccccc1)c1ccccc1)C(=O)N1CCN(C(=O)Nc2cccc(Cl)c2)CC1. The monoisotopic (exact) mass is 546 g/mol. The molecule has 2 N–H and O–H groups in total. The van der Waals surface area contributed by atoms with Crippen LogP contribution in [-0.2, 0) is 9.59 Å². The standard InChI is InChI=1S/C31H35ClN4O3/c1-3-22(2)28(34-29(37)27(23-11-6-4-7-12-23)24-13-8-5-9-14-24)30(38)35-17-19-36(20-18-35)31(39)33-26-16-10-15-25(32)21-26/h4-16,21-22,27-28H,3,17-20H2,1-2H3,(H,33,39)(H,34,37). The number of carbonyl (C=O) groups excluding carboxylic acids is 3. The van der Waals surface area contributed by atoms with Crippen molar-refractivity contribution in [2.24, 2.45) is 5.92 Å². The Bertz CT molecular complexity index is 1220. The predicted molar refractivity (Wildman–Crippen MR) is 155 cm³/mol. The van der Waals surface area contributed by atoms with Gasteiger partial charge in [0.25, 0.3) is 0 Å². The van der Waals surface area contributed by atoms with E-state index in [1.807, 2.05) is 74.5 Å². The molecule has 8 heteroatoms. The molecule has 1 fully saturated rings. The van der Waals surface area contributed by atoms with E-state index in [1.165, 1.54) is 0 Å². The van der Waals surface area contributed by atoms with Crippen molar-refractivity contribution in [1.29, 1.82) is 0 Å². The normalized spacial score (nSPS) is 15.0. The lowest BCUT2D eigenvalue weighted by Gasteiger charge is -2.37. The lowest BCUT2D eigenvalue weighted by atomic mass is 9.89. The number of hydrogen-bond donors (Lipinski definition) is 2. The first-order valence-electron chi connectivity index (χ1n) is 13.4. The van der Waals surface area contributed by atoms with Gasteiger partial charge >= 0.3 is 6.03 Å². The molecule has 2 unspecified atom stereocenters. The summed E-state index contributed by atoms with van der Waals surface area (Å²) >= 11 is 6.02. The summed E-state index contributed by atoms with van der Waals surface area (Å²) in [4.78, 5) is 43.6. The summed E-state index contributed by atoms with van der Waals surface area (Å²) in [6, 6.07) is 25.3. The van der Waals surface area contributed by atoms with Crippen molar-refractivity contribution in [2.75, 3.05) is 31.5 Å². The topological polar surface area (TPSA) is 81.8 Å². The largest absolute Gasteiger partial charge is 0.343 e. The maximum atomic E-state index is 13.7. The van der Waals surface area contributed by atoms with E-state index in [0.717, 1.165) is 17.5 Å². The van der Waals surface area contributed by atoms with Crippen LogP contribution in [0.2, 0.25) is 5.02 Å². The smallest absolute Gasteiger partial charge is 0.321 e. The van der Waals surface area contributed by atoms with Crippen LogP contribution in [0.5, 0.6) is 0 Å². The van der Waals surface area contributed by atoms with Crippen molar-refractivity contribution in [1.82, 2.24) is 15.1 Å². The highest BCUT2D eigenvalue weighted by Gasteiger charge is 2.34. The van der Waals surface area contributed by atoms with Gasteiger partial charge in [-0.3, -0.25) is 9.59 Å². The van der Waals surface area contributed by atoms with E-state index in [-0.39, 0.29) is 23.8 Å². The van der Waals surface area contributed by atoms with Gasteiger partial charge in [0.2, 0.25) is 11.8 Å². The van der Waals surface area contributed by atoms with Crippen molar-refractivity contribution in [2.45, 2.75) is 32.2 Å². The average molecular weight is 547 g/mol. The van der Waals surface area contributed by atoms with Gasteiger partial charge < -0.3 is 20.4 Å². The Morgan fingerprint density at radius 2 is 1.38 bits per heavy atom. The van der Waals surface area contributed by atoms with Crippen molar-refractivity contribution in [3.8, 4) is 0 Å². The van der Waals surface area contributed by atoms with Gasteiger partial charge in [-0.2, -0.15) is 0 Å². The van der Waals surface area contributed by atoms with E-state index in [0.29, 0.717) is 36.9 Å². The molecule has 39 heavy (non-hydrogen) atoms. The minimum absolute atomic E-state index is 0.0576. The summed E-state index contributed by atoms with van der Waals surface area (Å²) in [7, 11) is 0. The summed E-state index contributed by atoms with van der Waals surface area (Å²) in [6.07, 6.45) is 0.736. The number of piperazine rings is 1. The number of benzene rings is 3. The van der Waals surface area contributed by atoms with Crippen LogP contribution in [-0.4, -0.2) is 59.9 Å². The van der Waals surface area contributed by atoms with E-state index in [2.05, 4.69) is 10.6 Å². The molecule has 204 valence electrons. The number of halogens is 1. The molecule has 7 nitrogen and oxygen atoms in total. The maximum absolute atomic E-state index is 13.7. The fraction of sp³-hybridized carbons (Fsp3) is 0.323. The van der Waals surface area contributed by atoms with Crippen LogP contribution in [0.3, 0.4) is 0 Å². The minimum atomic E-state index is -0.663. The molecule has 0 bridgehead atoms. The van der Waals surface area contributed by atoms with Gasteiger partial charge in [-0.15, -0.1) is 0 Å². The Morgan fingerprint density at radius 1 is 0.821 bits per heavy atom. The van der Waals surface area contributed by atoms with E-state index >= 15 is 0 Å². The quantitative estimate of drug-likeness (QED) is 0.398. The molecule has 0 aliphatic carbocycles. The number of urea groups is 1. The molecule has 4 rings (SSSR count). The van der Waals surface area contributed by atoms with E-state index < -0.39 is 12.0 Å². The van der Waals surface area contributed by atoms with E-state index in [9.17, 15) is 14.4 Å². The summed E-state index contributed by atoms with van der Waals surface area (Å²) in [6.45, 7) is 5.58. The van der Waals surface area contributed by atoms with Gasteiger partial charge in [0.1, 0.15) is 6.04 Å². The fourth-order valence-corrected chi connectivity index (χ4v) is 4.99. The van der Waals surface area contributed by atoms with Crippen molar-refractivity contribution < 1.29 is 14.4 Å². The molecule has 1 heterocycles. The lowest BCUT2D eigenvalue weighted by molar-refractivity contribution is -0.139. The van der Waals surface area contributed by atoms with Crippen molar-refractivity contribution >= 4 is 35.1 Å². The number of amides is 4. The number of anilines is 1. The number of nitrogens with one attached hydrogen (secondary N) is 2. The molecule has 3 aromatic rings. The van der Waals surface area contributed by atoms with Gasteiger partial charge in [-0.25, -0.2) is 4.79 Å². The summed E-state index contributed by atoms with van der Waals surface area (Å²) in [5.41, 5.74) is 2.36. The molecule has 0 spiro atoms. The Hall–Kier alpha value is -3.84. The van der Waals surface area contributed by atoms with Gasteiger partial charge in [0.05, 0.1) is 5.92 Å². The zero-order valence-corrected chi connectivity index (χ0v) is 23.1. The predicted octanol–water partition coefficient (Wildman–Crippen LogP) is 5.38. The second-order valence-electron chi connectivity index (χ2n) is 9.88. The van der Waals surface area contributed by atoms with Crippen LogP contribution >= 0.6 is 11.6 Å². The third kappa shape index (κ3) is 7.18. The summed E-state index contributed by atoms with van der Waals surface area (Å²) in [5.74, 6) is -0.908. The average Bonchev–Trinajstić information content (AvgIpc) is 2.96. The van der Waals surface area contributed by atoms with E-state index in [4.69, 9.17) is 11.6 Å². The number of carbonyl (C=O) groups is 3. The minimum Gasteiger partial charge on any atom is -0.343 e. The first-order valence-corrected chi connectivity index (χ1v) is 13.8. The molecule has 0 radical (unpaired) electrons. The number of nitrogens with zero attached hydrogens (tertiary/aromatic N) is 2. The molecule has 2 atom stereocenters. The molecule has 0 aromatic heterocycles. The Labute approximate surface area is 235 Å². The lowest BCUT2D eigenvalue weighted by Crippen LogP contribution is -2.58. The Balaban J connectivity index is 1.43. The molecule has 0 saturated carbocycles. The Kier molecular flexibility index (Phi) is 9.60. The van der Waals surface area contributed by atoms with Crippen LogP contribution in [0.4, 0.5) is 10.5 Å².